The molecule has 0 spiro atoms. The average Bonchev–Trinajstić information content (AvgIpc) is 2.97. The number of hydrogen-bond acceptors (Lipinski definition) is 6. The Morgan fingerprint density at radius 2 is 2.14 bits per heavy atom. The van der Waals surface area contributed by atoms with Gasteiger partial charge in [-0.2, -0.15) is 5.06 Å². The smallest absolute Gasteiger partial charge is 0.353 e. The van der Waals surface area contributed by atoms with Gasteiger partial charge in [0.25, 0.3) is 5.60 Å². The van der Waals surface area contributed by atoms with E-state index in [0.29, 0.717) is 13.1 Å². The topological polar surface area (TPSA) is 65.1 Å². The van der Waals surface area contributed by atoms with Gasteiger partial charge in [-0.05, 0) is 12.5 Å². The van der Waals surface area contributed by atoms with E-state index < -0.39 is 17.5 Å². The van der Waals surface area contributed by atoms with Gasteiger partial charge >= 0.3 is 11.9 Å². The molecule has 2 fully saturated rings. The predicted octanol–water partition coefficient (Wildman–Crippen LogP) is 0.907. The third-order valence-corrected chi connectivity index (χ3v) is 4.05. The van der Waals surface area contributed by atoms with Crippen molar-refractivity contribution in [3.63, 3.8) is 0 Å². The van der Waals surface area contributed by atoms with E-state index in [-0.39, 0.29) is 12.0 Å². The van der Waals surface area contributed by atoms with Crippen LogP contribution in [-0.2, 0) is 30.4 Å². The lowest BCUT2D eigenvalue weighted by Gasteiger charge is -2.21. The number of carbonyl (C=O) groups is 2. The van der Waals surface area contributed by atoms with Crippen LogP contribution in [0.25, 0.3) is 0 Å². The van der Waals surface area contributed by atoms with Crippen LogP contribution >= 0.6 is 0 Å². The third-order valence-electron chi connectivity index (χ3n) is 4.05. The van der Waals surface area contributed by atoms with Gasteiger partial charge in [-0.3, -0.25) is 4.84 Å². The fraction of sp³-hybridized carbons (Fsp3) is 0.467. The summed E-state index contributed by atoms with van der Waals surface area (Å²) in [7, 11) is 1.24. The fourth-order valence-corrected chi connectivity index (χ4v) is 2.97. The first-order valence-corrected chi connectivity index (χ1v) is 6.85. The second-order valence-corrected chi connectivity index (χ2v) is 5.34. The first-order chi connectivity index (χ1) is 10.1. The number of benzene rings is 1. The zero-order valence-corrected chi connectivity index (χ0v) is 11.9. The van der Waals surface area contributed by atoms with E-state index in [2.05, 4.69) is 0 Å². The van der Waals surface area contributed by atoms with E-state index in [9.17, 15) is 9.59 Å². The average molecular weight is 291 g/mol. The van der Waals surface area contributed by atoms with Crippen molar-refractivity contribution in [1.29, 1.82) is 0 Å². The maximum atomic E-state index is 12.1. The third kappa shape index (κ3) is 2.11. The number of carbonyl (C=O) groups excluding carboxylic acids is 2. The van der Waals surface area contributed by atoms with E-state index in [0.717, 1.165) is 5.56 Å². The Hall–Kier alpha value is -1.92. The van der Waals surface area contributed by atoms with Crippen LogP contribution < -0.4 is 0 Å². The molecule has 2 aliphatic heterocycles. The number of esters is 2. The second kappa shape index (κ2) is 5.13. The predicted molar refractivity (Wildman–Crippen MR) is 71.7 cm³/mol. The van der Waals surface area contributed by atoms with Gasteiger partial charge in [-0.15, -0.1) is 0 Å². The molecular formula is C15H17NO5. The molecule has 0 saturated carbocycles. The molecule has 21 heavy (non-hydrogen) atoms. The molecule has 0 N–H and O–H groups in total. The Bertz CT molecular complexity index is 550. The van der Waals surface area contributed by atoms with Crippen LogP contribution in [0.5, 0.6) is 0 Å². The number of ether oxygens (including phenoxy) is 2. The number of methoxy groups -OCH3 is 1. The molecule has 3 rings (SSSR count). The van der Waals surface area contributed by atoms with Crippen molar-refractivity contribution in [2.24, 2.45) is 5.92 Å². The Labute approximate surface area is 122 Å². The van der Waals surface area contributed by atoms with Crippen molar-refractivity contribution in [2.45, 2.75) is 25.2 Å². The lowest BCUT2D eigenvalue weighted by Crippen LogP contribution is -2.49. The Morgan fingerprint density at radius 3 is 2.81 bits per heavy atom. The number of hydroxylamine groups is 2. The minimum absolute atomic E-state index is 0.360. The van der Waals surface area contributed by atoms with E-state index >= 15 is 0 Å². The summed E-state index contributed by atoms with van der Waals surface area (Å²) in [5, 5.41) is 1.63. The van der Waals surface area contributed by atoms with Gasteiger partial charge in [-0.1, -0.05) is 30.3 Å². The van der Waals surface area contributed by atoms with Gasteiger partial charge in [0, 0.05) is 13.1 Å². The maximum Gasteiger partial charge on any atom is 0.353 e. The molecule has 2 heterocycles. The number of rotatable bonds is 3. The van der Waals surface area contributed by atoms with Crippen molar-refractivity contribution in [3.05, 3.63) is 35.9 Å². The molecule has 0 aromatic heterocycles. The highest BCUT2D eigenvalue weighted by Gasteiger charge is 2.68. The zero-order chi connectivity index (χ0) is 15.0. The molecule has 6 heteroatoms. The molecule has 6 nitrogen and oxygen atoms in total. The van der Waals surface area contributed by atoms with Crippen molar-refractivity contribution < 1.29 is 23.9 Å². The van der Waals surface area contributed by atoms with Gasteiger partial charge in [0.2, 0.25) is 0 Å². The summed E-state index contributed by atoms with van der Waals surface area (Å²) in [6.07, 6.45) is -0.377. The van der Waals surface area contributed by atoms with Crippen molar-refractivity contribution in [1.82, 2.24) is 5.06 Å². The van der Waals surface area contributed by atoms with Gasteiger partial charge in [-0.25, -0.2) is 9.59 Å². The van der Waals surface area contributed by atoms with Crippen LogP contribution in [0.1, 0.15) is 12.5 Å². The van der Waals surface area contributed by atoms with Gasteiger partial charge in [0.15, 0.2) is 0 Å². The monoisotopic (exact) mass is 291 g/mol. The number of hydrogen-bond donors (Lipinski definition) is 0. The van der Waals surface area contributed by atoms with Gasteiger partial charge in [0.1, 0.15) is 6.10 Å². The number of cyclic esters (lactones) is 1. The van der Waals surface area contributed by atoms with Crippen molar-refractivity contribution in [2.75, 3.05) is 13.7 Å². The van der Waals surface area contributed by atoms with Gasteiger partial charge < -0.3 is 9.47 Å². The standard InChI is InChI=1S/C15H17NO5/c1-10-12-9-16(8-11-6-4-3-5-7-11)21-15(12,13(17)19-2)14(18)20-10/h3-7,10,12H,8-9H2,1-2H3/t10-,12+,15-/m0/s1. The molecule has 0 bridgehead atoms. The van der Waals surface area contributed by atoms with E-state index in [1.807, 2.05) is 30.3 Å². The summed E-state index contributed by atoms with van der Waals surface area (Å²) in [6, 6.07) is 9.71. The molecule has 1 aromatic carbocycles. The van der Waals surface area contributed by atoms with Crippen molar-refractivity contribution >= 4 is 11.9 Å². The Balaban J connectivity index is 1.84. The normalized spacial score (nSPS) is 31.8. The summed E-state index contributed by atoms with van der Waals surface area (Å²) < 4.78 is 9.93. The summed E-state index contributed by atoms with van der Waals surface area (Å²) in [5.41, 5.74) is -0.610. The molecule has 112 valence electrons. The molecular weight excluding hydrogens is 274 g/mol. The minimum atomic E-state index is -1.65. The Kier molecular flexibility index (Phi) is 3.43. The minimum Gasteiger partial charge on any atom is -0.466 e. The summed E-state index contributed by atoms with van der Waals surface area (Å²) in [5.74, 6) is -1.72. The molecule has 0 unspecified atom stereocenters. The highest BCUT2D eigenvalue weighted by molar-refractivity contribution is 6.05. The highest BCUT2D eigenvalue weighted by atomic mass is 16.7. The van der Waals surface area contributed by atoms with Crippen LogP contribution in [0.3, 0.4) is 0 Å². The fourth-order valence-electron chi connectivity index (χ4n) is 2.97. The first kappa shape index (κ1) is 14.0. The molecule has 1 aromatic rings. The lowest BCUT2D eigenvalue weighted by molar-refractivity contribution is -0.221. The van der Waals surface area contributed by atoms with E-state index in [1.54, 1.807) is 12.0 Å². The van der Waals surface area contributed by atoms with Crippen LogP contribution in [0, 0.1) is 5.92 Å². The van der Waals surface area contributed by atoms with Crippen LogP contribution in [0.15, 0.2) is 30.3 Å². The zero-order valence-electron chi connectivity index (χ0n) is 11.9. The highest BCUT2D eigenvalue weighted by Crippen LogP contribution is 2.43. The molecule has 0 aliphatic carbocycles. The van der Waals surface area contributed by atoms with Gasteiger partial charge in [0.05, 0.1) is 13.0 Å². The number of fused-ring (bicyclic) bond motifs is 1. The lowest BCUT2D eigenvalue weighted by atomic mass is 9.87. The maximum absolute atomic E-state index is 12.1. The SMILES string of the molecule is COC(=O)[C@@]12ON(Cc3ccccc3)C[C@@H]1[C@H](C)OC2=O. The molecule has 0 radical (unpaired) electrons. The summed E-state index contributed by atoms with van der Waals surface area (Å²) >= 11 is 0. The molecule has 2 saturated heterocycles. The first-order valence-electron chi connectivity index (χ1n) is 6.85. The largest absolute Gasteiger partial charge is 0.466 e. The number of nitrogens with zero attached hydrogens (tertiary/aromatic N) is 1. The van der Waals surface area contributed by atoms with Crippen molar-refractivity contribution in [3.8, 4) is 0 Å². The Morgan fingerprint density at radius 1 is 1.43 bits per heavy atom. The quantitative estimate of drug-likeness (QED) is 0.609. The summed E-state index contributed by atoms with van der Waals surface area (Å²) in [4.78, 5) is 29.9. The van der Waals surface area contributed by atoms with Crippen LogP contribution in [0.2, 0.25) is 0 Å². The molecule has 2 aliphatic rings. The summed E-state index contributed by atoms with van der Waals surface area (Å²) in [6.45, 7) is 2.70. The van der Waals surface area contributed by atoms with E-state index in [1.165, 1.54) is 7.11 Å². The molecule has 0 amide bonds. The molecule has 3 atom stereocenters. The van der Waals surface area contributed by atoms with Crippen LogP contribution in [0.4, 0.5) is 0 Å². The second-order valence-electron chi connectivity index (χ2n) is 5.34. The van der Waals surface area contributed by atoms with E-state index in [4.69, 9.17) is 14.3 Å². The van der Waals surface area contributed by atoms with Crippen LogP contribution in [-0.4, -0.2) is 42.4 Å².